The first-order valence-corrected chi connectivity index (χ1v) is 10.8. The maximum absolute atomic E-state index is 12.4. The number of nitrogens with two attached hydrogens (primary N) is 2. The van der Waals surface area contributed by atoms with Crippen molar-refractivity contribution in [2.24, 2.45) is 22.3 Å². The van der Waals surface area contributed by atoms with Gasteiger partial charge >= 0.3 is 0 Å². The normalized spacial score (nSPS) is 13.0. The molecule has 0 aliphatic heterocycles. The minimum absolute atomic E-state index is 0.139. The van der Waals surface area contributed by atoms with E-state index in [0.717, 1.165) is 4.68 Å². The number of rotatable bonds is 6. The maximum atomic E-state index is 12.4. The smallest absolute Gasteiger partial charge is 0.285 e. The van der Waals surface area contributed by atoms with Crippen LogP contribution in [0.4, 0.5) is 5.69 Å². The summed E-state index contributed by atoms with van der Waals surface area (Å²) in [6, 6.07) is 5.33. The largest absolute Gasteiger partial charge is 0.330 e. The van der Waals surface area contributed by atoms with Crippen LogP contribution < -0.4 is 21.0 Å². The summed E-state index contributed by atoms with van der Waals surface area (Å²) in [4.78, 5) is 11.2. The van der Waals surface area contributed by atoms with Crippen LogP contribution in [0.3, 0.4) is 0 Å². The molecule has 5 N–H and O–H groups in total. The zero-order valence-electron chi connectivity index (χ0n) is 13.5. The van der Waals surface area contributed by atoms with E-state index in [4.69, 9.17) is 10.9 Å². The minimum atomic E-state index is -4.12. The molecular weight excluding hydrogens is 404 g/mol. The van der Waals surface area contributed by atoms with Gasteiger partial charge in [0.15, 0.2) is 0 Å². The van der Waals surface area contributed by atoms with Gasteiger partial charge in [0.1, 0.15) is 0 Å². The van der Waals surface area contributed by atoms with Crippen LogP contribution in [0.5, 0.6) is 0 Å². The van der Waals surface area contributed by atoms with Gasteiger partial charge in [-0.25, -0.2) is 18.2 Å². The van der Waals surface area contributed by atoms with Crippen molar-refractivity contribution < 1.29 is 21.6 Å². The number of amides is 1. The van der Waals surface area contributed by atoms with Gasteiger partial charge in [0.2, 0.25) is 15.0 Å². The molecule has 0 aliphatic rings. The van der Waals surface area contributed by atoms with E-state index in [0.29, 0.717) is 17.0 Å². The fourth-order valence-corrected chi connectivity index (χ4v) is 4.51. The van der Waals surface area contributed by atoms with Crippen molar-refractivity contribution in [2.45, 2.75) is 15.7 Å². The van der Waals surface area contributed by atoms with Crippen LogP contribution in [-0.4, -0.2) is 39.1 Å². The van der Waals surface area contributed by atoms with E-state index >= 15 is 0 Å². The SMILES string of the molecule is Cn1nc(S(N)(=O)=O)s/c1=N\S(=O)(=O)c1ccc(NC(=O)CCN)cc1. The molecule has 0 unspecified atom stereocenters. The molecule has 0 saturated heterocycles. The topological polar surface area (TPSA) is 180 Å². The Morgan fingerprint density at radius 2 is 1.88 bits per heavy atom. The lowest BCUT2D eigenvalue weighted by Crippen LogP contribution is -2.16. The second kappa shape index (κ2) is 7.63. The fourth-order valence-electron chi connectivity index (χ4n) is 1.74. The van der Waals surface area contributed by atoms with Gasteiger partial charge in [0.05, 0.1) is 4.90 Å². The van der Waals surface area contributed by atoms with Gasteiger partial charge < -0.3 is 11.1 Å². The predicted octanol–water partition coefficient (Wildman–Crippen LogP) is -1.29. The molecule has 1 heterocycles. The molecule has 0 bridgehead atoms. The average Bonchev–Trinajstić information content (AvgIpc) is 2.88. The fraction of sp³-hybridized carbons (Fsp3) is 0.250. The molecule has 0 spiro atoms. The lowest BCUT2D eigenvalue weighted by Gasteiger charge is -2.05. The number of sulfonamides is 2. The van der Waals surface area contributed by atoms with Gasteiger partial charge in [-0.2, -0.15) is 8.42 Å². The zero-order chi connectivity index (χ0) is 19.5. The summed E-state index contributed by atoms with van der Waals surface area (Å²) in [6.45, 7) is 0.198. The molecule has 1 amide bonds. The number of benzene rings is 1. The lowest BCUT2D eigenvalue weighted by atomic mass is 10.3. The number of nitrogens with one attached hydrogen (secondary N) is 1. The summed E-state index contributed by atoms with van der Waals surface area (Å²) in [7, 11) is -6.84. The summed E-state index contributed by atoms with van der Waals surface area (Å²) in [5, 5.41) is 11.2. The van der Waals surface area contributed by atoms with E-state index < -0.39 is 24.4 Å². The Morgan fingerprint density at radius 3 is 2.38 bits per heavy atom. The van der Waals surface area contributed by atoms with E-state index in [1.807, 2.05) is 0 Å². The number of hydrogen-bond acceptors (Lipinski definition) is 8. The van der Waals surface area contributed by atoms with Gasteiger partial charge in [-0.15, -0.1) is 9.50 Å². The quantitative estimate of drug-likeness (QED) is 0.519. The van der Waals surface area contributed by atoms with E-state index in [1.54, 1.807) is 0 Å². The van der Waals surface area contributed by atoms with Crippen LogP contribution in [0, 0.1) is 0 Å². The van der Waals surface area contributed by atoms with Crippen LogP contribution in [0.25, 0.3) is 0 Å². The predicted molar refractivity (Wildman–Crippen MR) is 94.0 cm³/mol. The van der Waals surface area contributed by atoms with Crippen LogP contribution in [-0.2, 0) is 31.9 Å². The molecule has 1 aromatic heterocycles. The molecule has 26 heavy (non-hydrogen) atoms. The molecule has 0 saturated carbocycles. The number of carbonyl (C=O) groups is 1. The summed E-state index contributed by atoms with van der Waals surface area (Å²) < 4.78 is 51.4. The third-order valence-electron chi connectivity index (χ3n) is 2.94. The van der Waals surface area contributed by atoms with Crippen molar-refractivity contribution in [3.05, 3.63) is 29.1 Å². The van der Waals surface area contributed by atoms with Gasteiger partial charge in [0, 0.05) is 25.7 Å². The summed E-state index contributed by atoms with van der Waals surface area (Å²) in [5.41, 5.74) is 5.68. The van der Waals surface area contributed by atoms with Crippen molar-refractivity contribution >= 4 is 43.0 Å². The second-order valence-corrected chi connectivity index (χ2v) is 9.29. The highest BCUT2D eigenvalue weighted by atomic mass is 32.2. The number of primary sulfonamides is 1. The molecule has 14 heteroatoms. The van der Waals surface area contributed by atoms with Gasteiger partial charge in [-0.05, 0) is 24.3 Å². The first-order chi connectivity index (χ1) is 12.0. The first kappa shape index (κ1) is 20.2. The summed E-state index contributed by atoms with van der Waals surface area (Å²) >= 11 is 0.529. The highest BCUT2D eigenvalue weighted by molar-refractivity contribution is 7.91. The van der Waals surface area contributed by atoms with Crippen molar-refractivity contribution in [1.82, 2.24) is 9.78 Å². The number of nitrogens with zero attached hydrogens (tertiary/aromatic N) is 3. The monoisotopic (exact) mass is 420 g/mol. The number of carbonyl (C=O) groups excluding carboxylic acids is 1. The molecule has 0 atom stereocenters. The average molecular weight is 420 g/mol. The Balaban J connectivity index is 2.34. The van der Waals surface area contributed by atoms with Crippen molar-refractivity contribution in [1.29, 1.82) is 0 Å². The van der Waals surface area contributed by atoms with Gasteiger partial charge in [0.25, 0.3) is 20.0 Å². The highest BCUT2D eigenvalue weighted by Crippen LogP contribution is 2.16. The van der Waals surface area contributed by atoms with Crippen LogP contribution in [0.2, 0.25) is 0 Å². The minimum Gasteiger partial charge on any atom is -0.330 e. The van der Waals surface area contributed by atoms with Crippen molar-refractivity contribution in [3.8, 4) is 0 Å². The maximum Gasteiger partial charge on any atom is 0.285 e. The van der Waals surface area contributed by atoms with Crippen LogP contribution in [0.15, 0.2) is 37.9 Å². The lowest BCUT2D eigenvalue weighted by molar-refractivity contribution is -0.116. The standard InChI is InChI=1S/C12H16N6O5S3/c1-18-11(24-12(16-18)25(14,20)21)17-26(22,23)9-4-2-8(3-5-9)15-10(19)6-7-13/h2-5H,6-7,13H2,1H3,(H,15,19)(H2,14,20,21)/b17-11-. The van der Waals surface area contributed by atoms with Crippen molar-refractivity contribution in [3.63, 3.8) is 0 Å². The Hall–Kier alpha value is -2.13. The second-order valence-electron chi connectivity index (χ2n) is 5.00. The number of hydrogen-bond donors (Lipinski definition) is 3. The molecule has 0 fully saturated rings. The van der Waals surface area contributed by atoms with Crippen LogP contribution in [0.1, 0.15) is 6.42 Å². The van der Waals surface area contributed by atoms with Gasteiger partial charge in [-0.3, -0.25) is 4.79 Å². The summed E-state index contributed by atoms with van der Waals surface area (Å²) in [6.07, 6.45) is 0.143. The Morgan fingerprint density at radius 1 is 1.27 bits per heavy atom. The molecule has 0 aliphatic carbocycles. The third-order valence-corrected chi connectivity index (χ3v) is 6.64. The molecule has 0 radical (unpaired) electrons. The van der Waals surface area contributed by atoms with E-state index in [9.17, 15) is 21.6 Å². The Labute approximate surface area is 153 Å². The third kappa shape index (κ3) is 4.95. The summed E-state index contributed by atoms with van der Waals surface area (Å²) in [5.74, 6) is -0.292. The number of aromatic nitrogens is 2. The zero-order valence-corrected chi connectivity index (χ0v) is 15.9. The van der Waals surface area contributed by atoms with E-state index in [1.165, 1.54) is 31.3 Å². The van der Waals surface area contributed by atoms with E-state index in [-0.39, 0.29) is 28.6 Å². The Kier molecular flexibility index (Phi) is 5.92. The molecule has 1 aromatic carbocycles. The van der Waals surface area contributed by atoms with Crippen LogP contribution >= 0.6 is 11.3 Å². The molecule has 142 valence electrons. The molecule has 11 nitrogen and oxygen atoms in total. The Bertz CT molecular complexity index is 1080. The number of aryl methyl sites for hydroxylation is 1. The molecule has 2 aromatic rings. The van der Waals surface area contributed by atoms with Crippen molar-refractivity contribution in [2.75, 3.05) is 11.9 Å². The molecular formula is C12H16N6O5S3. The van der Waals surface area contributed by atoms with Gasteiger partial charge in [-0.1, -0.05) is 11.3 Å². The number of anilines is 1. The highest BCUT2D eigenvalue weighted by Gasteiger charge is 2.18. The molecule has 2 rings (SSSR count). The first-order valence-electron chi connectivity index (χ1n) is 7.01. The van der Waals surface area contributed by atoms with E-state index in [2.05, 4.69) is 14.8 Å².